The van der Waals surface area contributed by atoms with Gasteiger partial charge in [0.1, 0.15) is 0 Å². The molecule has 2 nitrogen and oxygen atoms in total. The summed E-state index contributed by atoms with van der Waals surface area (Å²) in [7, 11) is 0. The molecule has 1 atom stereocenters. The van der Waals surface area contributed by atoms with Crippen LogP contribution in [0.3, 0.4) is 0 Å². The summed E-state index contributed by atoms with van der Waals surface area (Å²) in [4.78, 5) is 2.71. The average molecular weight is 268 g/mol. The molecule has 0 radical (unpaired) electrons. The molecule has 19 heavy (non-hydrogen) atoms. The summed E-state index contributed by atoms with van der Waals surface area (Å²) in [5.41, 5.74) is 0. The van der Waals surface area contributed by atoms with Crippen LogP contribution < -0.4 is 5.32 Å². The Morgan fingerprint density at radius 2 is 1.53 bits per heavy atom. The van der Waals surface area contributed by atoms with Gasteiger partial charge in [0.25, 0.3) is 0 Å². The highest BCUT2D eigenvalue weighted by Crippen LogP contribution is 2.33. The molecule has 114 valence electrons. The predicted octanol–water partition coefficient (Wildman–Crippen LogP) is 3.77. The summed E-state index contributed by atoms with van der Waals surface area (Å²) in [6, 6.07) is 0.740. The normalized spacial score (nSPS) is 17.7. The molecule has 0 spiro atoms. The van der Waals surface area contributed by atoms with Gasteiger partial charge in [0, 0.05) is 12.6 Å². The van der Waals surface area contributed by atoms with Gasteiger partial charge in [0.2, 0.25) is 0 Å². The first-order valence-corrected chi connectivity index (χ1v) is 8.48. The molecule has 0 aliphatic heterocycles. The van der Waals surface area contributed by atoms with Gasteiger partial charge < -0.3 is 10.2 Å². The second-order valence-electron chi connectivity index (χ2n) is 7.17. The molecule has 0 bridgehead atoms. The van der Waals surface area contributed by atoms with Crippen molar-refractivity contribution in [2.24, 2.45) is 17.8 Å². The first kappa shape index (κ1) is 17.0. The quantitative estimate of drug-likeness (QED) is 0.613. The number of nitrogens with one attached hydrogen (secondary N) is 1. The van der Waals surface area contributed by atoms with Gasteiger partial charge in [-0.15, -0.1) is 0 Å². The van der Waals surface area contributed by atoms with Gasteiger partial charge in [-0.3, -0.25) is 0 Å². The molecule has 1 unspecified atom stereocenters. The lowest BCUT2D eigenvalue weighted by atomic mass is 10.1. The Morgan fingerprint density at radius 1 is 1.00 bits per heavy atom. The van der Waals surface area contributed by atoms with Crippen LogP contribution in [0.4, 0.5) is 0 Å². The van der Waals surface area contributed by atoms with Crippen LogP contribution in [-0.2, 0) is 0 Å². The van der Waals surface area contributed by atoms with Crippen molar-refractivity contribution in [1.82, 2.24) is 10.2 Å². The maximum absolute atomic E-state index is 3.71. The van der Waals surface area contributed by atoms with Crippen LogP contribution >= 0.6 is 0 Å². The maximum atomic E-state index is 3.71. The van der Waals surface area contributed by atoms with Crippen LogP contribution in [0.15, 0.2) is 0 Å². The monoisotopic (exact) mass is 268 g/mol. The van der Waals surface area contributed by atoms with Gasteiger partial charge in [-0.05, 0) is 63.1 Å². The highest BCUT2D eigenvalue weighted by molar-refractivity contribution is 4.88. The first-order chi connectivity index (χ1) is 9.02. The molecule has 1 fully saturated rings. The zero-order chi connectivity index (χ0) is 14.3. The van der Waals surface area contributed by atoms with Crippen molar-refractivity contribution in [2.75, 3.05) is 26.2 Å². The number of hydrogen-bond acceptors (Lipinski definition) is 2. The third-order valence-electron chi connectivity index (χ3n) is 4.16. The zero-order valence-electron chi connectivity index (χ0n) is 13.9. The summed E-state index contributed by atoms with van der Waals surface area (Å²) < 4.78 is 0. The van der Waals surface area contributed by atoms with Crippen molar-refractivity contribution in [2.45, 2.75) is 66.3 Å². The van der Waals surface area contributed by atoms with Crippen molar-refractivity contribution in [3.05, 3.63) is 0 Å². The van der Waals surface area contributed by atoms with Gasteiger partial charge in [0.05, 0.1) is 0 Å². The number of nitrogens with zero attached hydrogens (tertiary/aromatic N) is 1. The van der Waals surface area contributed by atoms with Crippen LogP contribution in [-0.4, -0.2) is 37.1 Å². The summed E-state index contributed by atoms with van der Waals surface area (Å²) in [6.45, 7) is 16.5. The van der Waals surface area contributed by atoms with Crippen molar-refractivity contribution in [1.29, 1.82) is 0 Å². The van der Waals surface area contributed by atoms with Gasteiger partial charge in [-0.25, -0.2) is 0 Å². The second-order valence-corrected chi connectivity index (χ2v) is 7.17. The van der Waals surface area contributed by atoms with E-state index in [1.54, 1.807) is 0 Å². The minimum absolute atomic E-state index is 0.740. The fourth-order valence-electron chi connectivity index (χ4n) is 2.60. The Labute approximate surface area is 121 Å². The molecule has 1 rings (SSSR count). The molecule has 1 aliphatic carbocycles. The molecule has 0 aromatic heterocycles. The lowest BCUT2D eigenvalue weighted by Crippen LogP contribution is -2.43. The predicted molar refractivity (Wildman–Crippen MR) is 85.5 cm³/mol. The second kappa shape index (κ2) is 8.97. The summed E-state index contributed by atoms with van der Waals surface area (Å²) >= 11 is 0. The molecular weight excluding hydrogens is 232 g/mol. The standard InChI is InChI=1S/C17H36N2/c1-6-18-17(16-7-8-16)13-19(11-9-14(2)3)12-10-15(4)5/h14-18H,6-13H2,1-5H3. The Kier molecular flexibility index (Phi) is 8.01. The third kappa shape index (κ3) is 7.94. The minimum atomic E-state index is 0.740. The van der Waals surface area contributed by atoms with E-state index in [2.05, 4.69) is 44.8 Å². The third-order valence-corrected chi connectivity index (χ3v) is 4.16. The van der Waals surface area contributed by atoms with E-state index in [9.17, 15) is 0 Å². The molecule has 1 saturated carbocycles. The van der Waals surface area contributed by atoms with E-state index in [0.717, 1.165) is 30.3 Å². The molecule has 0 aromatic rings. The first-order valence-electron chi connectivity index (χ1n) is 8.48. The number of rotatable bonds is 11. The van der Waals surface area contributed by atoms with Crippen LogP contribution in [0.5, 0.6) is 0 Å². The fraction of sp³-hybridized carbons (Fsp3) is 1.00. The van der Waals surface area contributed by atoms with Crippen LogP contribution in [0.2, 0.25) is 0 Å². The molecule has 0 heterocycles. The molecule has 0 aromatic carbocycles. The molecule has 1 N–H and O–H groups in total. The smallest absolute Gasteiger partial charge is 0.0223 e. The Morgan fingerprint density at radius 3 is 1.89 bits per heavy atom. The van der Waals surface area contributed by atoms with E-state index >= 15 is 0 Å². The van der Waals surface area contributed by atoms with E-state index in [4.69, 9.17) is 0 Å². The highest BCUT2D eigenvalue weighted by atomic mass is 15.1. The molecular formula is C17H36N2. The van der Waals surface area contributed by atoms with Crippen molar-refractivity contribution >= 4 is 0 Å². The van der Waals surface area contributed by atoms with Crippen molar-refractivity contribution in [3.8, 4) is 0 Å². The minimum Gasteiger partial charge on any atom is -0.313 e. The van der Waals surface area contributed by atoms with E-state index < -0.39 is 0 Å². The average Bonchev–Trinajstić information content (AvgIpc) is 3.15. The highest BCUT2D eigenvalue weighted by Gasteiger charge is 2.31. The van der Waals surface area contributed by atoms with E-state index in [1.807, 2.05) is 0 Å². The van der Waals surface area contributed by atoms with E-state index in [-0.39, 0.29) is 0 Å². The number of likely N-dealkylation sites (N-methyl/N-ethyl adjacent to an activating group) is 1. The maximum Gasteiger partial charge on any atom is 0.0223 e. The Balaban J connectivity index is 2.40. The van der Waals surface area contributed by atoms with Crippen molar-refractivity contribution in [3.63, 3.8) is 0 Å². The lowest BCUT2D eigenvalue weighted by Gasteiger charge is -2.29. The topological polar surface area (TPSA) is 15.3 Å². The van der Waals surface area contributed by atoms with Gasteiger partial charge in [-0.2, -0.15) is 0 Å². The van der Waals surface area contributed by atoms with Gasteiger partial charge in [-0.1, -0.05) is 34.6 Å². The summed E-state index contributed by atoms with van der Waals surface area (Å²) in [5, 5.41) is 3.71. The van der Waals surface area contributed by atoms with Crippen LogP contribution in [0.1, 0.15) is 60.3 Å². The SMILES string of the molecule is CCNC(CN(CCC(C)C)CCC(C)C)C1CC1. The van der Waals surface area contributed by atoms with Gasteiger partial charge in [0.15, 0.2) is 0 Å². The Bertz CT molecular complexity index is 209. The molecule has 0 amide bonds. The van der Waals surface area contributed by atoms with Gasteiger partial charge >= 0.3 is 0 Å². The lowest BCUT2D eigenvalue weighted by molar-refractivity contribution is 0.210. The molecule has 1 aliphatic rings. The largest absolute Gasteiger partial charge is 0.313 e. The molecule has 0 saturated heterocycles. The molecule has 2 heteroatoms. The fourth-order valence-corrected chi connectivity index (χ4v) is 2.60. The van der Waals surface area contributed by atoms with E-state index in [1.165, 1.54) is 45.3 Å². The van der Waals surface area contributed by atoms with Crippen LogP contribution in [0.25, 0.3) is 0 Å². The number of hydrogen-bond donors (Lipinski definition) is 1. The van der Waals surface area contributed by atoms with Crippen molar-refractivity contribution < 1.29 is 0 Å². The summed E-state index contributed by atoms with van der Waals surface area (Å²) in [5.74, 6) is 2.60. The zero-order valence-corrected chi connectivity index (χ0v) is 13.9. The van der Waals surface area contributed by atoms with E-state index in [0.29, 0.717) is 0 Å². The Hall–Kier alpha value is -0.0800. The van der Waals surface area contributed by atoms with Crippen LogP contribution in [0, 0.1) is 17.8 Å². The summed E-state index contributed by atoms with van der Waals surface area (Å²) in [6.07, 6.45) is 5.56.